The summed E-state index contributed by atoms with van der Waals surface area (Å²) in [6, 6.07) is 11.0. The Morgan fingerprint density at radius 1 is 0.951 bits per heavy atom. The van der Waals surface area contributed by atoms with Gasteiger partial charge in [0.1, 0.15) is 17.2 Å². The molecule has 3 fully saturated rings. The molecule has 2 heterocycles. The summed E-state index contributed by atoms with van der Waals surface area (Å²) in [6.07, 6.45) is 2.43. The summed E-state index contributed by atoms with van der Waals surface area (Å²) >= 11 is 14.3. The van der Waals surface area contributed by atoms with E-state index in [-0.39, 0.29) is 48.4 Å². The number of nitrogens with zero attached hydrogens (tertiary/aromatic N) is 2. The standard InChI is InChI=1S/C30H28Cl2N2O7/c1-33-27(39)29(31)14-21-18(24(30(29,32)28(33)40)19-8-7-17(36)13-22(19)41-2)9-10-20-23(21)26(38)34(25(20)37)12-11-15-3-5-16(35)6-4-15/h3-9,13,20-21,23-24,35-36H,10-12,14H2,1-2H3/t20-,21+,23-,24+,29+,30-/m0/s1. The topological polar surface area (TPSA) is 124 Å². The van der Waals surface area contributed by atoms with Crippen LogP contribution in [0.5, 0.6) is 17.2 Å². The largest absolute Gasteiger partial charge is 0.508 e. The zero-order valence-corrected chi connectivity index (χ0v) is 23.9. The first kappa shape index (κ1) is 27.6. The Morgan fingerprint density at radius 2 is 1.63 bits per heavy atom. The van der Waals surface area contributed by atoms with Gasteiger partial charge >= 0.3 is 0 Å². The van der Waals surface area contributed by atoms with Gasteiger partial charge in [-0.25, -0.2) is 0 Å². The van der Waals surface area contributed by atoms with Crippen molar-refractivity contribution in [3.8, 4) is 17.2 Å². The number of methoxy groups -OCH3 is 1. The van der Waals surface area contributed by atoms with E-state index in [0.29, 0.717) is 17.6 Å². The van der Waals surface area contributed by atoms with Gasteiger partial charge in [0.2, 0.25) is 11.8 Å². The maximum atomic E-state index is 13.9. The van der Waals surface area contributed by atoms with Crippen LogP contribution in [0.1, 0.15) is 29.9 Å². The van der Waals surface area contributed by atoms with Gasteiger partial charge in [-0.15, -0.1) is 23.2 Å². The maximum Gasteiger partial charge on any atom is 0.253 e. The highest BCUT2D eigenvalue weighted by molar-refractivity contribution is 6.53. The number of phenolic OH excluding ortho intramolecular Hbond substituents is 2. The van der Waals surface area contributed by atoms with Gasteiger partial charge in [0.15, 0.2) is 9.75 Å². The summed E-state index contributed by atoms with van der Waals surface area (Å²) in [4.78, 5) is 53.0. The molecule has 4 amide bonds. The monoisotopic (exact) mass is 598 g/mol. The Bertz CT molecular complexity index is 1530. The Kier molecular flexibility index (Phi) is 6.39. The molecular formula is C30H28Cl2N2O7. The molecule has 6 rings (SSSR count). The number of hydrogen-bond acceptors (Lipinski definition) is 7. The van der Waals surface area contributed by atoms with Crippen molar-refractivity contribution in [2.75, 3.05) is 20.7 Å². The highest BCUT2D eigenvalue weighted by Crippen LogP contribution is 2.66. The predicted molar refractivity (Wildman–Crippen MR) is 149 cm³/mol. The average molecular weight is 599 g/mol. The zero-order valence-electron chi connectivity index (χ0n) is 22.3. The van der Waals surface area contributed by atoms with E-state index >= 15 is 0 Å². The summed E-state index contributed by atoms with van der Waals surface area (Å²) in [5, 5.41) is 19.7. The lowest BCUT2D eigenvalue weighted by molar-refractivity contribution is -0.141. The summed E-state index contributed by atoms with van der Waals surface area (Å²) in [5.41, 5.74) is 1.95. The third kappa shape index (κ3) is 3.74. The minimum atomic E-state index is -1.93. The van der Waals surface area contributed by atoms with Crippen LogP contribution >= 0.6 is 23.2 Å². The van der Waals surface area contributed by atoms with Gasteiger partial charge in [0, 0.05) is 31.1 Å². The third-order valence-electron chi connectivity index (χ3n) is 9.19. The molecule has 2 aliphatic carbocycles. The number of ether oxygens (including phenoxy) is 1. The molecule has 2 aromatic rings. The van der Waals surface area contributed by atoms with Crippen molar-refractivity contribution in [1.82, 2.24) is 9.80 Å². The second-order valence-electron chi connectivity index (χ2n) is 11.2. The van der Waals surface area contributed by atoms with Gasteiger partial charge in [-0.3, -0.25) is 29.0 Å². The number of carbonyl (C=O) groups excluding carboxylic acids is 4. The summed E-state index contributed by atoms with van der Waals surface area (Å²) in [7, 11) is 2.75. The molecule has 214 valence electrons. The summed E-state index contributed by atoms with van der Waals surface area (Å²) in [5.74, 6) is -4.67. The SMILES string of the molecule is COc1cc(O)ccc1[C@H]1C2=CC[C@@H]3C(=O)N(CCc4ccc(O)cc4)C(=O)[C@@H]3[C@@H]2C[C@@]2(Cl)C(=O)N(C)C(=O)[C@@]12Cl. The van der Waals surface area contributed by atoms with Crippen LogP contribution in [0.15, 0.2) is 54.1 Å². The fourth-order valence-electron chi connectivity index (χ4n) is 7.22. The molecule has 41 heavy (non-hydrogen) atoms. The lowest BCUT2D eigenvalue weighted by atomic mass is 9.56. The van der Waals surface area contributed by atoms with E-state index in [2.05, 4.69) is 0 Å². The number of rotatable bonds is 5. The van der Waals surface area contributed by atoms with E-state index in [1.165, 1.54) is 31.2 Å². The van der Waals surface area contributed by atoms with Crippen LogP contribution in [0.25, 0.3) is 0 Å². The minimum Gasteiger partial charge on any atom is -0.508 e. The van der Waals surface area contributed by atoms with Crippen molar-refractivity contribution in [2.24, 2.45) is 17.8 Å². The fraction of sp³-hybridized carbons (Fsp3) is 0.400. The Balaban J connectivity index is 1.43. The zero-order chi connectivity index (χ0) is 29.4. The first-order valence-electron chi connectivity index (χ1n) is 13.3. The van der Waals surface area contributed by atoms with E-state index < -0.39 is 45.2 Å². The molecule has 2 N–H and O–H groups in total. The number of fused-ring (bicyclic) bond motifs is 4. The molecule has 11 heteroatoms. The molecule has 2 saturated heterocycles. The number of imide groups is 2. The maximum absolute atomic E-state index is 13.9. The van der Waals surface area contributed by atoms with Crippen LogP contribution < -0.4 is 4.74 Å². The summed E-state index contributed by atoms with van der Waals surface area (Å²) in [6.45, 7) is 0.165. The minimum absolute atomic E-state index is 0.0665. The lowest BCUT2D eigenvalue weighted by Gasteiger charge is -2.51. The third-order valence-corrected chi connectivity index (χ3v) is 10.6. The molecule has 0 aromatic heterocycles. The van der Waals surface area contributed by atoms with Gasteiger partial charge in [0.25, 0.3) is 11.8 Å². The lowest BCUT2D eigenvalue weighted by Crippen LogP contribution is -2.60. The van der Waals surface area contributed by atoms with Crippen molar-refractivity contribution in [3.05, 3.63) is 65.2 Å². The number of amides is 4. The van der Waals surface area contributed by atoms with Gasteiger partial charge in [-0.2, -0.15) is 0 Å². The predicted octanol–water partition coefficient (Wildman–Crippen LogP) is 3.34. The number of carbonyl (C=O) groups is 4. The van der Waals surface area contributed by atoms with Gasteiger partial charge in [-0.1, -0.05) is 29.8 Å². The van der Waals surface area contributed by atoms with Crippen LogP contribution in [0, 0.1) is 17.8 Å². The number of halogens is 2. The van der Waals surface area contributed by atoms with Crippen molar-refractivity contribution >= 4 is 46.8 Å². The smallest absolute Gasteiger partial charge is 0.253 e. The van der Waals surface area contributed by atoms with E-state index in [4.69, 9.17) is 27.9 Å². The van der Waals surface area contributed by atoms with Crippen LogP contribution in [0.2, 0.25) is 0 Å². The van der Waals surface area contributed by atoms with Crippen molar-refractivity contribution < 1.29 is 34.1 Å². The molecule has 0 unspecified atom stereocenters. The number of aromatic hydroxyl groups is 2. The summed E-state index contributed by atoms with van der Waals surface area (Å²) < 4.78 is 5.55. The Morgan fingerprint density at radius 3 is 2.32 bits per heavy atom. The first-order chi connectivity index (χ1) is 19.4. The van der Waals surface area contributed by atoms with Gasteiger partial charge in [0.05, 0.1) is 18.9 Å². The molecule has 6 atom stereocenters. The van der Waals surface area contributed by atoms with E-state index in [1.807, 2.05) is 6.08 Å². The number of benzene rings is 2. The molecule has 9 nitrogen and oxygen atoms in total. The molecule has 2 aromatic carbocycles. The highest BCUT2D eigenvalue weighted by atomic mass is 35.5. The highest BCUT2D eigenvalue weighted by Gasteiger charge is 2.76. The first-order valence-corrected chi connectivity index (χ1v) is 14.1. The van der Waals surface area contributed by atoms with Crippen molar-refractivity contribution in [2.45, 2.75) is 34.9 Å². The van der Waals surface area contributed by atoms with Crippen LogP contribution in [0.4, 0.5) is 0 Å². The number of likely N-dealkylation sites (tertiary alicyclic amines) is 2. The number of phenols is 2. The molecule has 0 bridgehead atoms. The van der Waals surface area contributed by atoms with E-state index in [1.54, 1.807) is 30.3 Å². The van der Waals surface area contributed by atoms with Crippen LogP contribution in [-0.2, 0) is 25.6 Å². The van der Waals surface area contributed by atoms with Crippen LogP contribution in [-0.4, -0.2) is 74.1 Å². The molecule has 0 spiro atoms. The Hall–Kier alpha value is -3.56. The number of alkyl halides is 2. The van der Waals surface area contributed by atoms with E-state index in [0.717, 1.165) is 10.5 Å². The number of hydrogen-bond donors (Lipinski definition) is 2. The second kappa shape index (κ2) is 9.49. The average Bonchev–Trinajstić information content (AvgIpc) is 3.27. The fourth-order valence-corrected chi connectivity index (χ4v) is 8.23. The van der Waals surface area contributed by atoms with Crippen molar-refractivity contribution in [3.63, 3.8) is 0 Å². The molecular weight excluding hydrogens is 571 g/mol. The van der Waals surface area contributed by atoms with Gasteiger partial charge in [-0.05, 0) is 48.9 Å². The van der Waals surface area contributed by atoms with Crippen LogP contribution in [0.3, 0.4) is 0 Å². The Labute approximate surface area is 246 Å². The van der Waals surface area contributed by atoms with E-state index in [9.17, 15) is 29.4 Å². The van der Waals surface area contributed by atoms with Crippen molar-refractivity contribution in [1.29, 1.82) is 0 Å². The number of allylic oxidation sites excluding steroid dienone is 2. The molecule has 0 radical (unpaired) electrons. The second-order valence-corrected chi connectivity index (χ2v) is 12.4. The molecule has 4 aliphatic rings. The normalized spacial score (nSPS) is 32.5. The molecule has 1 saturated carbocycles. The van der Waals surface area contributed by atoms with Gasteiger partial charge < -0.3 is 14.9 Å². The quantitative estimate of drug-likeness (QED) is 0.307. The molecule has 2 aliphatic heterocycles.